The Morgan fingerprint density at radius 3 is 2.56 bits per heavy atom. The summed E-state index contributed by atoms with van der Waals surface area (Å²) >= 11 is 0. The minimum absolute atomic E-state index is 0.122. The molecule has 0 radical (unpaired) electrons. The summed E-state index contributed by atoms with van der Waals surface area (Å²) in [5, 5.41) is 0. The summed E-state index contributed by atoms with van der Waals surface area (Å²) in [7, 11) is 3.88. The minimum atomic E-state index is -0.332. The van der Waals surface area contributed by atoms with Crippen LogP contribution < -0.4 is 5.73 Å². The quantitative estimate of drug-likeness (QED) is 0.490. The molecule has 1 unspecified atom stereocenters. The Morgan fingerprint density at radius 2 is 2.00 bits per heavy atom. The summed E-state index contributed by atoms with van der Waals surface area (Å²) in [4.78, 5) is 13.5. The fraction of sp³-hybridized carbons (Fsp3) is 0.357. The van der Waals surface area contributed by atoms with Gasteiger partial charge in [-0.2, -0.15) is 0 Å². The summed E-state index contributed by atoms with van der Waals surface area (Å²) in [6.07, 6.45) is 3.02. The number of carbonyl (C=O) groups excluding carboxylic acids is 1. The number of rotatable bonds is 5. The Kier molecular flexibility index (Phi) is 5.39. The molecule has 0 heterocycles. The largest absolute Gasteiger partial charge is 0.458 e. The second-order valence-corrected chi connectivity index (χ2v) is 4.51. The molecule has 0 spiro atoms. The fourth-order valence-corrected chi connectivity index (χ4v) is 1.56. The maximum absolute atomic E-state index is 11.5. The van der Waals surface area contributed by atoms with E-state index in [0.717, 1.165) is 5.56 Å². The maximum Gasteiger partial charge on any atom is 0.331 e. The number of nitrogens with two attached hydrogens (primary N) is 1. The van der Waals surface area contributed by atoms with E-state index >= 15 is 0 Å². The molecule has 1 aromatic carbocycles. The van der Waals surface area contributed by atoms with Crippen LogP contribution in [0, 0.1) is 0 Å². The third kappa shape index (κ3) is 5.50. The topological polar surface area (TPSA) is 55.6 Å². The first-order chi connectivity index (χ1) is 8.47. The molecule has 98 valence electrons. The predicted molar refractivity (Wildman–Crippen MR) is 74.0 cm³/mol. The van der Waals surface area contributed by atoms with Gasteiger partial charge >= 0.3 is 5.97 Å². The van der Waals surface area contributed by atoms with Crippen molar-refractivity contribution in [2.45, 2.75) is 13.0 Å². The zero-order valence-electron chi connectivity index (χ0n) is 11.1. The Balaban J connectivity index is 2.46. The van der Waals surface area contributed by atoms with E-state index in [1.165, 1.54) is 6.08 Å². The molecule has 18 heavy (non-hydrogen) atoms. The molecule has 0 amide bonds. The highest BCUT2D eigenvalue weighted by Gasteiger charge is 2.07. The number of hydrogen-bond donors (Lipinski definition) is 1. The Morgan fingerprint density at radius 1 is 1.39 bits per heavy atom. The van der Waals surface area contributed by atoms with E-state index < -0.39 is 0 Å². The summed E-state index contributed by atoms with van der Waals surface area (Å²) in [6, 6.07) is 7.28. The third-order valence-corrected chi connectivity index (χ3v) is 2.29. The summed E-state index contributed by atoms with van der Waals surface area (Å²) in [5.41, 5.74) is 7.20. The fourth-order valence-electron chi connectivity index (χ4n) is 1.56. The first-order valence-corrected chi connectivity index (χ1v) is 5.86. The van der Waals surface area contributed by atoms with E-state index in [1.54, 1.807) is 18.2 Å². The highest BCUT2D eigenvalue weighted by molar-refractivity contribution is 5.87. The van der Waals surface area contributed by atoms with Crippen LogP contribution in [-0.2, 0) is 9.53 Å². The van der Waals surface area contributed by atoms with E-state index in [4.69, 9.17) is 10.5 Å². The molecule has 4 nitrogen and oxygen atoms in total. The Labute approximate surface area is 108 Å². The average Bonchev–Trinajstić information content (AvgIpc) is 2.27. The molecular weight excluding hydrogens is 228 g/mol. The van der Waals surface area contributed by atoms with Crippen molar-refractivity contribution in [1.29, 1.82) is 0 Å². The number of ether oxygens (including phenoxy) is 1. The van der Waals surface area contributed by atoms with Crippen molar-refractivity contribution in [3.8, 4) is 0 Å². The van der Waals surface area contributed by atoms with Crippen molar-refractivity contribution < 1.29 is 9.53 Å². The van der Waals surface area contributed by atoms with Crippen LogP contribution >= 0.6 is 0 Å². The van der Waals surface area contributed by atoms with Gasteiger partial charge in [-0.15, -0.1) is 0 Å². The van der Waals surface area contributed by atoms with Gasteiger partial charge in [0.25, 0.3) is 0 Å². The lowest BCUT2D eigenvalue weighted by Gasteiger charge is -2.16. The van der Waals surface area contributed by atoms with Crippen molar-refractivity contribution >= 4 is 17.7 Å². The van der Waals surface area contributed by atoms with Crippen molar-refractivity contribution in [1.82, 2.24) is 4.90 Å². The Bertz CT molecular complexity index is 410. The van der Waals surface area contributed by atoms with Crippen LogP contribution in [0.2, 0.25) is 0 Å². The van der Waals surface area contributed by atoms with Gasteiger partial charge in [-0.25, -0.2) is 4.79 Å². The number of carbonyl (C=O) groups is 1. The zero-order valence-corrected chi connectivity index (χ0v) is 11.1. The van der Waals surface area contributed by atoms with E-state index in [9.17, 15) is 4.79 Å². The molecular formula is C14H20N2O2. The lowest BCUT2D eigenvalue weighted by molar-refractivity contribution is -0.142. The zero-order chi connectivity index (χ0) is 13.5. The number of nitrogen functional groups attached to an aromatic ring is 1. The number of hydrogen-bond acceptors (Lipinski definition) is 4. The molecule has 2 N–H and O–H groups in total. The number of esters is 1. The molecule has 4 heteroatoms. The molecule has 0 bridgehead atoms. The van der Waals surface area contributed by atoms with Crippen LogP contribution in [0.25, 0.3) is 6.08 Å². The molecule has 0 aliphatic rings. The van der Waals surface area contributed by atoms with Crippen LogP contribution in [0.5, 0.6) is 0 Å². The van der Waals surface area contributed by atoms with Crippen LogP contribution in [0.15, 0.2) is 30.3 Å². The number of likely N-dealkylation sites (N-methyl/N-ethyl adjacent to an activating group) is 1. The van der Waals surface area contributed by atoms with Crippen LogP contribution in [-0.4, -0.2) is 37.6 Å². The molecule has 1 atom stereocenters. The van der Waals surface area contributed by atoms with Crippen molar-refractivity contribution in [3.05, 3.63) is 35.9 Å². The first kappa shape index (κ1) is 14.3. The van der Waals surface area contributed by atoms with Gasteiger partial charge in [0.05, 0.1) is 0 Å². The number of nitrogens with zero attached hydrogens (tertiary/aromatic N) is 1. The lowest BCUT2D eigenvalue weighted by Crippen LogP contribution is -2.27. The number of anilines is 1. The minimum Gasteiger partial charge on any atom is -0.458 e. The highest BCUT2D eigenvalue weighted by atomic mass is 16.5. The normalized spacial score (nSPS) is 12.9. The second kappa shape index (κ2) is 6.81. The van der Waals surface area contributed by atoms with Gasteiger partial charge in [0, 0.05) is 18.3 Å². The van der Waals surface area contributed by atoms with Gasteiger partial charge in [-0.05, 0) is 44.8 Å². The molecule has 1 aromatic rings. The molecule has 1 rings (SSSR count). The predicted octanol–water partition coefficient (Wildman–Crippen LogP) is 1.78. The Hall–Kier alpha value is -1.81. The lowest BCUT2D eigenvalue weighted by atomic mass is 10.2. The van der Waals surface area contributed by atoms with E-state index in [-0.39, 0.29) is 12.1 Å². The number of benzene rings is 1. The standard InChI is InChI=1S/C14H20N2O2/c1-11(10-16(2)3)18-14(17)9-6-12-4-7-13(15)8-5-12/h4-9,11H,10,15H2,1-3H3/b9-6+. The second-order valence-electron chi connectivity index (χ2n) is 4.51. The van der Waals surface area contributed by atoms with E-state index in [0.29, 0.717) is 12.2 Å². The van der Waals surface area contributed by atoms with Crippen molar-refractivity contribution in [3.63, 3.8) is 0 Å². The average molecular weight is 248 g/mol. The van der Waals surface area contributed by atoms with Crippen LogP contribution in [0.4, 0.5) is 5.69 Å². The van der Waals surface area contributed by atoms with Gasteiger partial charge in [-0.1, -0.05) is 12.1 Å². The molecule has 0 aromatic heterocycles. The molecule has 0 saturated heterocycles. The summed E-state index contributed by atoms with van der Waals surface area (Å²) in [5.74, 6) is -0.332. The third-order valence-electron chi connectivity index (χ3n) is 2.29. The maximum atomic E-state index is 11.5. The molecule has 0 saturated carbocycles. The SMILES string of the molecule is CC(CN(C)C)OC(=O)/C=C/c1ccc(N)cc1. The highest BCUT2D eigenvalue weighted by Crippen LogP contribution is 2.07. The van der Waals surface area contributed by atoms with E-state index in [1.807, 2.05) is 38.1 Å². The van der Waals surface area contributed by atoms with Gasteiger partial charge in [0.15, 0.2) is 0 Å². The molecule has 0 fully saturated rings. The monoisotopic (exact) mass is 248 g/mol. The summed E-state index contributed by atoms with van der Waals surface area (Å²) in [6.45, 7) is 2.58. The van der Waals surface area contributed by atoms with E-state index in [2.05, 4.69) is 0 Å². The molecule has 0 aliphatic heterocycles. The van der Waals surface area contributed by atoms with Gasteiger partial charge in [0.2, 0.25) is 0 Å². The molecule has 0 aliphatic carbocycles. The smallest absolute Gasteiger partial charge is 0.331 e. The van der Waals surface area contributed by atoms with Crippen LogP contribution in [0.3, 0.4) is 0 Å². The summed E-state index contributed by atoms with van der Waals surface area (Å²) < 4.78 is 5.21. The van der Waals surface area contributed by atoms with Gasteiger partial charge in [0.1, 0.15) is 6.10 Å². The van der Waals surface area contributed by atoms with Gasteiger partial charge < -0.3 is 15.4 Å². The van der Waals surface area contributed by atoms with Gasteiger partial charge in [-0.3, -0.25) is 0 Å². The van der Waals surface area contributed by atoms with Crippen molar-refractivity contribution in [2.24, 2.45) is 0 Å². The van der Waals surface area contributed by atoms with Crippen molar-refractivity contribution in [2.75, 3.05) is 26.4 Å². The first-order valence-electron chi connectivity index (χ1n) is 5.86. The van der Waals surface area contributed by atoms with Crippen LogP contribution in [0.1, 0.15) is 12.5 Å².